The van der Waals surface area contributed by atoms with Crippen LogP contribution in [0.3, 0.4) is 0 Å². The summed E-state index contributed by atoms with van der Waals surface area (Å²) in [5, 5.41) is 9.44. The molecule has 0 spiro atoms. The van der Waals surface area contributed by atoms with Crippen LogP contribution in [0.5, 0.6) is 0 Å². The van der Waals surface area contributed by atoms with E-state index in [1.807, 2.05) is 0 Å². The average molecular weight is 298 g/mol. The first-order chi connectivity index (χ1) is 8.90. The Morgan fingerprint density at radius 3 is 2.74 bits per heavy atom. The number of hydrogen-bond acceptors (Lipinski definition) is 3. The Bertz CT molecular complexity index is 441. The maximum absolute atomic E-state index is 8.85. The van der Waals surface area contributed by atoms with Gasteiger partial charge in [-0.15, -0.1) is 0 Å². The summed E-state index contributed by atoms with van der Waals surface area (Å²) in [5.74, 6) is 0.628. The number of halogens is 1. The maximum Gasteiger partial charge on any atom is 0.189 e. The zero-order valence-corrected chi connectivity index (χ0v) is 13.5. The van der Waals surface area contributed by atoms with E-state index in [0.717, 1.165) is 12.7 Å². The lowest BCUT2D eigenvalue weighted by atomic mass is 10.2. The van der Waals surface area contributed by atoms with Crippen LogP contribution in [0.25, 0.3) is 0 Å². The van der Waals surface area contributed by atoms with Crippen molar-refractivity contribution in [3.63, 3.8) is 0 Å². The molecule has 0 saturated carbocycles. The first-order valence-electron chi connectivity index (χ1n) is 6.28. The van der Waals surface area contributed by atoms with Crippen molar-refractivity contribution in [1.29, 1.82) is 5.26 Å². The number of nitrogens with zero attached hydrogens (tertiary/aromatic N) is 1. The van der Waals surface area contributed by atoms with Crippen molar-refractivity contribution in [3.8, 4) is 6.07 Å². The van der Waals surface area contributed by atoms with Gasteiger partial charge < -0.3 is 9.47 Å². The Balaban J connectivity index is 2.37. The summed E-state index contributed by atoms with van der Waals surface area (Å²) in [5.41, 5.74) is 0.625. The van der Waals surface area contributed by atoms with E-state index in [1.165, 1.54) is 0 Å². The molecule has 0 N–H and O–H groups in total. The van der Waals surface area contributed by atoms with E-state index in [1.54, 1.807) is 18.2 Å². The minimum Gasteiger partial charge on any atom is -0.468 e. The Kier molecular flexibility index (Phi) is 6.36. The molecule has 19 heavy (non-hydrogen) atoms. The lowest BCUT2D eigenvalue weighted by Gasteiger charge is -2.15. The SMILES string of the molecule is C[Si](C)(C)CCOCOC1=CC=C(C#N)CC(Cl)=C1. The molecule has 5 heteroatoms. The molecule has 0 aromatic carbocycles. The quantitative estimate of drug-likeness (QED) is 0.420. The molecule has 3 nitrogen and oxygen atoms in total. The van der Waals surface area contributed by atoms with Crippen molar-refractivity contribution < 1.29 is 9.47 Å². The lowest BCUT2D eigenvalue weighted by Crippen LogP contribution is -2.21. The van der Waals surface area contributed by atoms with Crippen molar-refractivity contribution in [2.24, 2.45) is 0 Å². The highest BCUT2D eigenvalue weighted by atomic mass is 35.5. The fraction of sp³-hybridized carbons (Fsp3) is 0.500. The summed E-state index contributed by atoms with van der Waals surface area (Å²) in [6.07, 6.45) is 5.65. The van der Waals surface area contributed by atoms with Crippen LogP contribution in [-0.4, -0.2) is 21.5 Å². The summed E-state index contributed by atoms with van der Waals surface area (Å²) in [7, 11) is -1.05. The van der Waals surface area contributed by atoms with E-state index in [-0.39, 0.29) is 6.79 Å². The van der Waals surface area contributed by atoms with Crippen molar-refractivity contribution >= 4 is 19.7 Å². The molecule has 0 bridgehead atoms. The summed E-state index contributed by atoms with van der Waals surface area (Å²) >= 11 is 6.00. The predicted octanol–water partition coefficient (Wildman–Crippen LogP) is 4.18. The third-order valence-electron chi connectivity index (χ3n) is 2.56. The van der Waals surface area contributed by atoms with Gasteiger partial charge in [0.05, 0.1) is 6.07 Å². The second kappa shape index (κ2) is 7.54. The molecule has 0 aromatic rings. The number of nitriles is 1. The monoisotopic (exact) mass is 297 g/mol. The molecule has 0 amide bonds. The molecule has 1 aliphatic rings. The highest BCUT2D eigenvalue weighted by Gasteiger charge is 2.12. The number of hydrogen-bond donors (Lipinski definition) is 0. The van der Waals surface area contributed by atoms with Gasteiger partial charge in [-0.1, -0.05) is 31.2 Å². The molecule has 0 atom stereocenters. The van der Waals surface area contributed by atoms with Crippen molar-refractivity contribution in [2.75, 3.05) is 13.4 Å². The van der Waals surface area contributed by atoms with Crippen LogP contribution in [0.4, 0.5) is 0 Å². The summed E-state index contributed by atoms with van der Waals surface area (Å²) in [4.78, 5) is 0. The lowest BCUT2D eigenvalue weighted by molar-refractivity contribution is -0.0138. The third kappa shape index (κ3) is 7.21. The predicted molar refractivity (Wildman–Crippen MR) is 80.4 cm³/mol. The molecule has 1 aliphatic carbocycles. The van der Waals surface area contributed by atoms with Gasteiger partial charge in [-0.25, -0.2) is 0 Å². The molecule has 0 heterocycles. The Labute approximate surface area is 121 Å². The van der Waals surface area contributed by atoms with E-state index in [0.29, 0.717) is 22.8 Å². The number of allylic oxidation sites excluding steroid dienone is 5. The van der Waals surface area contributed by atoms with Crippen molar-refractivity contribution in [3.05, 3.63) is 34.6 Å². The highest BCUT2D eigenvalue weighted by Crippen LogP contribution is 2.21. The van der Waals surface area contributed by atoms with Crippen molar-refractivity contribution in [2.45, 2.75) is 32.1 Å². The van der Waals surface area contributed by atoms with Crippen LogP contribution in [0.15, 0.2) is 34.6 Å². The van der Waals surface area contributed by atoms with Crippen LogP contribution >= 0.6 is 11.6 Å². The summed E-state index contributed by atoms with van der Waals surface area (Å²) in [6, 6.07) is 3.21. The zero-order chi connectivity index (χ0) is 14.3. The van der Waals surface area contributed by atoms with Gasteiger partial charge >= 0.3 is 0 Å². The Hall–Kier alpha value is -1.02. The van der Waals surface area contributed by atoms with Crippen LogP contribution < -0.4 is 0 Å². The largest absolute Gasteiger partial charge is 0.468 e. The van der Waals surface area contributed by atoms with E-state index in [9.17, 15) is 0 Å². The minimum absolute atomic E-state index is 0.215. The van der Waals surface area contributed by atoms with Gasteiger partial charge in [-0.3, -0.25) is 0 Å². The number of ether oxygens (including phenoxy) is 2. The molecule has 0 aliphatic heterocycles. The topological polar surface area (TPSA) is 42.2 Å². The Morgan fingerprint density at radius 1 is 1.37 bits per heavy atom. The Morgan fingerprint density at radius 2 is 2.11 bits per heavy atom. The summed E-state index contributed by atoms with van der Waals surface area (Å²) in [6.45, 7) is 7.86. The highest BCUT2D eigenvalue weighted by molar-refractivity contribution is 6.76. The average Bonchev–Trinajstić information content (AvgIpc) is 2.48. The van der Waals surface area contributed by atoms with Crippen molar-refractivity contribution in [1.82, 2.24) is 0 Å². The summed E-state index contributed by atoms with van der Waals surface area (Å²) < 4.78 is 10.9. The minimum atomic E-state index is -1.05. The van der Waals surface area contributed by atoms with Gasteiger partial charge in [-0.2, -0.15) is 5.26 Å². The molecular weight excluding hydrogens is 278 g/mol. The fourth-order valence-corrected chi connectivity index (χ4v) is 2.40. The van der Waals surface area contributed by atoms with Crippen LogP contribution in [-0.2, 0) is 9.47 Å². The van der Waals surface area contributed by atoms with Crippen LogP contribution in [0.1, 0.15) is 6.42 Å². The second-order valence-electron chi connectivity index (χ2n) is 5.62. The van der Waals surface area contributed by atoms with E-state index < -0.39 is 8.07 Å². The third-order valence-corrected chi connectivity index (χ3v) is 4.50. The van der Waals surface area contributed by atoms with E-state index in [4.69, 9.17) is 26.3 Å². The van der Waals surface area contributed by atoms with Gasteiger partial charge in [0, 0.05) is 31.7 Å². The standard InChI is InChI=1S/C14H20ClNO2Si/c1-19(2,3)7-6-17-11-18-14-5-4-12(10-16)8-13(15)9-14/h4-5,9H,6-8,11H2,1-3H3. The molecule has 0 fully saturated rings. The van der Waals surface area contributed by atoms with Crippen LogP contribution in [0.2, 0.25) is 25.7 Å². The molecule has 1 rings (SSSR count). The first-order valence-corrected chi connectivity index (χ1v) is 10.4. The number of rotatable bonds is 6. The van der Waals surface area contributed by atoms with Gasteiger partial charge in [0.25, 0.3) is 0 Å². The first kappa shape index (κ1) is 16.0. The zero-order valence-electron chi connectivity index (χ0n) is 11.7. The van der Waals surface area contributed by atoms with Gasteiger partial charge in [0.2, 0.25) is 0 Å². The molecule has 0 aromatic heterocycles. The van der Waals surface area contributed by atoms with Gasteiger partial charge in [0.1, 0.15) is 5.76 Å². The molecule has 0 saturated heterocycles. The van der Waals surface area contributed by atoms with E-state index in [2.05, 4.69) is 25.7 Å². The normalized spacial score (nSPS) is 15.8. The van der Waals surface area contributed by atoms with E-state index >= 15 is 0 Å². The molecule has 104 valence electrons. The maximum atomic E-state index is 8.85. The van der Waals surface area contributed by atoms with Crippen LogP contribution in [0, 0.1) is 11.3 Å². The van der Waals surface area contributed by atoms with Gasteiger partial charge in [-0.05, 0) is 24.3 Å². The molecular formula is C14H20ClNO2Si. The molecule has 0 unspecified atom stereocenters. The van der Waals surface area contributed by atoms with Gasteiger partial charge in [0.15, 0.2) is 6.79 Å². The fourth-order valence-electron chi connectivity index (χ4n) is 1.39. The molecule has 0 radical (unpaired) electrons. The smallest absolute Gasteiger partial charge is 0.189 e. The second-order valence-corrected chi connectivity index (χ2v) is 11.7.